The van der Waals surface area contributed by atoms with Crippen LogP contribution in [0, 0.1) is 6.92 Å². The number of benzene rings is 2. The molecular weight excluding hydrogens is 356 g/mol. The fourth-order valence-electron chi connectivity index (χ4n) is 1.79. The lowest BCUT2D eigenvalue weighted by molar-refractivity contribution is 0.211. The van der Waals surface area contributed by atoms with E-state index < -0.39 is 0 Å². The Hall–Kier alpha value is -1.39. The fraction of sp³-hybridized carbons (Fsp3) is 0.250. The summed E-state index contributed by atoms with van der Waals surface area (Å²) in [5.41, 5.74) is 1.12. The summed E-state index contributed by atoms with van der Waals surface area (Å²) in [6, 6.07) is 11.3. The van der Waals surface area contributed by atoms with Gasteiger partial charge in [0.15, 0.2) is 11.5 Å². The van der Waals surface area contributed by atoms with Crippen molar-refractivity contribution in [1.82, 2.24) is 0 Å². The number of ether oxygens (including phenoxy) is 3. The molecule has 0 N–H and O–H groups in total. The van der Waals surface area contributed by atoms with E-state index in [0.717, 1.165) is 15.8 Å². The number of rotatable bonds is 6. The normalized spacial score (nSPS) is 10.3. The van der Waals surface area contributed by atoms with Crippen LogP contribution in [0.15, 0.2) is 40.9 Å². The second-order valence-corrected chi connectivity index (χ2v) is 5.75. The van der Waals surface area contributed by atoms with Gasteiger partial charge in [-0.25, -0.2) is 0 Å². The highest BCUT2D eigenvalue weighted by atomic mass is 79.9. The molecule has 2 rings (SSSR count). The monoisotopic (exact) mass is 370 g/mol. The van der Waals surface area contributed by atoms with Crippen LogP contribution >= 0.6 is 27.5 Å². The van der Waals surface area contributed by atoms with E-state index in [0.29, 0.717) is 29.7 Å². The number of halogens is 2. The molecule has 0 aromatic heterocycles. The van der Waals surface area contributed by atoms with Crippen LogP contribution < -0.4 is 14.2 Å². The van der Waals surface area contributed by atoms with Crippen molar-refractivity contribution < 1.29 is 14.2 Å². The van der Waals surface area contributed by atoms with Gasteiger partial charge >= 0.3 is 0 Å². The number of aryl methyl sites for hydroxylation is 1. The first-order valence-corrected chi connectivity index (χ1v) is 7.62. The van der Waals surface area contributed by atoms with Crippen LogP contribution in [-0.4, -0.2) is 20.3 Å². The van der Waals surface area contributed by atoms with Gasteiger partial charge in [-0.15, -0.1) is 0 Å². The zero-order chi connectivity index (χ0) is 15.2. The highest BCUT2D eigenvalue weighted by Gasteiger charge is 2.05. The third-order valence-electron chi connectivity index (χ3n) is 2.81. The third kappa shape index (κ3) is 4.55. The van der Waals surface area contributed by atoms with Crippen LogP contribution in [-0.2, 0) is 0 Å². The molecule has 0 saturated carbocycles. The van der Waals surface area contributed by atoms with Gasteiger partial charge in [0.2, 0.25) is 0 Å². The van der Waals surface area contributed by atoms with Gasteiger partial charge in [-0.2, -0.15) is 0 Å². The molecule has 0 spiro atoms. The molecule has 0 aliphatic carbocycles. The maximum Gasteiger partial charge on any atom is 0.161 e. The van der Waals surface area contributed by atoms with Gasteiger partial charge in [0, 0.05) is 4.47 Å². The lowest BCUT2D eigenvalue weighted by Crippen LogP contribution is -2.09. The maximum atomic E-state index is 6.07. The van der Waals surface area contributed by atoms with Crippen molar-refractivity contribution >= 4 is 27.5 Å². The summed E-state index contributed by atoms with van der Waals surface area (Å²) in [7, 11) is 1.62. The van der Waals surface area contributed by atoms with E-state index in [4.69, 9.17) is 25.8 Å². The van der Waals surface area contributed by atoms with Gasteiger partial charge in [-0.3, -0.25) is 0 Å². The Kier molecular flexibility index (Phi) is 5.76. The van der Waals surface area contributed by atoms with Crippen molar-refractivity contribution in [3.63, 3.8) is 0 Å². The van der Waals surface area contributed by atoms with Gasteiger partial charge < -0.3 is 14.2 Å². The van der Waals surface area contributed by atoms with E-state index in [1.807, 2.05) is 37.3 Å². The molecule has 0 saturated heterocycles. The van der Waals surface area contributed by atoms with E-state index in [1.54, 1.807) is 13.2 Å². The average Bonchev–Trinajstić information content (AvgIpc) is 2.46. The Morgan fingerprint density at radius 2 is 1.62 bits per heavy atom. The van der Waals surface area contributed by atoms with Gasteiger partial charge in [0.1, 0.15) is 19.0 Å². The van der Waals surface area contributed by atoms with Gasteiger partial charge in [-0.05, 0) is 42.8 Å². The van der Waals surface area contributed by atoms with Crippen LogP contribution in [0.4, 0.5) is 0 Å². The van der Waals surface area contributed by atoms with Crippen LogP contribution in [0.1, 0.15) is 5.56 Å². The highest BCUT2D eigenvalue weighted by Crippen LogP contribution is 2.29. The summed E-state index contributed by atoms with van der Waals surface area (Å²) < 4.78 is 17.5. The molecule has 0 unspecified atom stereocenters. The summed E-state index contributed by atoms with van der Waals surface area (Å²) in [6.07, 6.45) is 0. The largest absolute Gasteiger partial charge is 0.493 e. The van der Waals surface area contributed by atoms with Crippen molar-refractivity contribution in [2.45, 2.75) is 6.92 Å². The second-order valence-electron chi connectivity index (χ2n) is 4.43. The molecule has 0 aliphatic rings. The van der Waals surface area contributed by atoms with Crippen molar-refractivity contribution in [3.05, 3.63) is 51.5 Å². The molecule has 0 heterocycles. The zero-order valence-corrected chi connectivity index (χ0v) is 14.2. The topological polar surface area (TPSA) is 27.7 Å². The number of methoxy groups -OCH3 is 1. The van der Waals surface area contributed by atoms with Crippen molar-refractivity contribution in [2.24, 2.45) is 0 Å². The zero-order valence-electron chi connectivity index (χ0n) is 11.9. The number of hydrogen-bond acceptors (Lipinski definition) is 3. The molecule has 0 radical (unpaired) electrons. The second kappa shape index (κ2) is 7.57. The van der Waals surface area contributed by atoms with Gasteiger partial charge in [0.05, 0.1) is 12.1 Å². The Morgan fingerprint density at radius 3 is 2.29 bits per heavy atom. The Labute approximate surface area is 137 Å². The van der Waals surface area contributed by atoms with Crippen LogP contribution in [0.2, 0.25) is 5.02 Å². The standard InChI is InChI=1S/C16H16BrClO3/c1-11-3-5-15(16(9-11)19-2)21-8-7-20-14-6-4-12(17)10-13(14)18/h3-6,9-10H,7-8H2,1-2H3. The van der Waals surface area contributed by atoms with E-state index in [1.165, 1.54) is 0 Å². The average molecular weight is 372 g/mol. The van der Waals surface area contributed by atoms with Gasteiger partial charge in [0.25, 0.3) is 0 Å². The molecular formula is C16H16BrClO3. The molecule has 21 heavy (non-hydrogen) atoms. The predicted octanol–water partition coefficient (Wildman–Crippen LogP) is 4.88. The molecule has 112 valence electrons. The highest BCUT2D eigenvalue weighted by molar-refractivity contribution is 9.10. The Morgan fingerprint density at radius 1 is 0.952 bits per heavy atom. The molecule has 0 amide bonds. The summed E-state index contributed by atoms with van der Waals surface area (Å²) in [5.74, 6) is 2.06. The lowest BCUT2D eigenvalue weighted by Gasteiger charge is -2.12. The van der Waals surface area contributed by atoms with E-state index in [-0.39, 0.29) is 0 Å². The fourth-order valence-corrected chi connectivity index (χ4v) is 2.52. The molecule has 3 nitrogen and oxygen atoms in total. The van der Waals surface area contributed by atoms with E-state index >= 15 is 0 Å². The summed E-state index contributed by atoms with van der Waals surface area (Å²) in [4.78, 5) is 0. The van der Waals surface area contributed by atoms with Crippen molar-refractivity contribution in [3.8, 4) is 17.2 Å². The first-order chi connectivity index (χ1) is 10.1. The van der Waals surface area contributed by atoms with Crippen LogP contribution in [0.5, 0.6) is 17.2 Å². The van der Waals surface area contributed by atoms with Crippen molar-refractivity contribution in [2.75, 3.05) is 20.3 Å². The SMILES string of the molecule is COc1cc(C)ccc1OCCOc1ccc(Br)cc1Cl. The first-order valence-electron chi connectivity index (χ1n) is 6.45. The summed E-state index contributed by atoms with van der Waals surface area (Å²) in [5, 5.41) is 0.567. The van der Waals surface area contributed by atoms with E-state index in [2.05, 4.69) is 15.9 Å². The summed E-state index contributed by atoms with van der Waals surface area (Å²) in [6.45, 7) is 2.81. The number of hydrogen-bond donors (Lipinski definition) is 0. The lowest BCUT2D eigenvalue weighted by atomic mass is 10.2. The first kappa shape index (κ1) is 16.0. The molecule has 0 aliphatic heterocycles. The minimum absolute atomic E-state index is 0.401. The van der Waals surface area contributed by atoms with Crippen LogP contribution in [0.3, 0.4) is 0 Å². The smallest absolute Gasteiger partial charge is 0.161 e. The maximum absolute atomic E-state index is 6.07. The molecule has 0 atom stereocenters. The molecule has 5 heteroatoms. The third-order valence-corrected chi connectivity index (χ3v) is 3.60. The Balaban J connectivity index is 1.87. The van der Waals surface area contributed by atoms with E-state index in [9.17, 15) is 0 Å². The van der Waals surface area contributed by atoms with Gasteiger partial charge in [-0.1, -0.05) is 33.6 Å². The molecule has 2 aromatic rings. The Bertz CT molecular complexity index is 616. The minimum atomic E-state index is 0.401. The van der Waals surface area contributed by atoms with Crippen LogP contribution in [0.25, 0.3) is 0 Å². The minimum Gasteiger partial charge on any atom is -0.493 e. The summed E-state index contributed by atoms with van der Waals surface area (Å²) >= 11 is 9.43. The van der Waals surface area contributed by atoms with Crippen molar-refractivity contribution in [1.29, 1.82) is 0 Å². The molecule has 0 fully saturated rings. The molecule has 2 aromatic carbocycles. The molecule has 0 bridgehead atoms. The quantitative estimate of drug-likeness (QED) is 0.678. The predicted molar refractivity (Wildman–Crippen MR) is 87.9 cm³/mol.